The van der Waals surface area contributed by atoms with Gasteiger partial charge in [0.2, 0.25) is 0 Å². The van der Waals surface area contributed by atoms with E-state index in [0.717, 1.165) is 22.5 Å². The number of aryl methyl sites for hydroxylation is 1. The number of rotatable bonds is 4. The van der Waals surface area contributed by atoms with E-state index in [9.17, 15) is 4.79 Å². The summed E-state index contributed by atoms with van der Waals surface area (Å²) >= 11 is 5.84. The highest BCUT2D eigenvalue weighted by molar-refractivity contribution is 6.30. The summed E-state index contributed by atoms with van der Waals surface area (Å²) in [4.78, 5) is 10.5. The zero-order valence-electron chi connectivity index (χ0n) is 9.90. The summed E-state index contributed by atoms with van der Waals surface area (Å²) in [5.74, 6) is -0.808. The van der Waals surface area contributed by atoms with Gasteiger partial charge in [0, 0.05) is 16.3 Å². The van der Waals surface area contributed by atoms with E-state index >= 15 is 0 Å². The number of aromatic amines is 1. The van der Waals surface area contributed by atoms with Crippen LogP contribution in [0.3, 0.4) is 0 Å². The second-order valence-corrected chi connectivity index (χ2v) is 4.51. The quantitative estimate of drug-likeness (QED) is 0.892. The molecule has 0 radical (unpaired) electrons. The maximum atomic E-state index is 10.5. The molecular weight excluding hydrogens is 252 g/mol. The standard InChI is InChI=1S/C13H13ClN2O2/c1-8-11(6-7-12(17)18)15-16-13(8)9-2-4-10(14)5-3-9/h2-5H,6-7H2,1H3,(H,15,16)(H,17,18). The molecule has 5 heteroatoms. The first kappa shape index (κ1) is 12.6. The smallest absolute Gasteiger partial charge is 0.303 e. The van der Waals surface area contributed by atoms with Crippen LogP contribution >= 0.6 is 11.6 Å². The van der Waals surface area contributed by atoms with Gasteiger partial charge in [0.05, 0.1) is 12.1 Å². The normalized spacial score (nSPS) is 10.6. The molecule has 0 amide bonds. The molecule has 0 bridgehead atoms. The Kier molecular flexibility index (Phi) is 3.67. The molecule has 0 saturated carbocycles. The highest BCUT2D eigenvalue weighted by atomic mass is 35.5. The van der Waals surface area contributed by atoms with Crippen molar-refractivity contribution in [3.8, 4) is 11.3 Å². The summed E-state index contributed by atoms with van der Waals surface area (Å²) < 4.78 is 0. The van der Waals surface area contributed by atoms with E-state index in [2.05, 4.69) is 10.2 Å². The van der Waals surface area contributed by atoms with Gasteiger partial charge in [-0.3, -0.25) is 9.89 Å². The van der Waals surface area contributed by atoms with Crippen molar-refractivity contribution in [2.45, 2.75) is 19.8 Å². The van der Waals surface area contributed by atoms with Gasteiger partial charge < -0.3 is 5.11 Å². The predicted molar refractivity (Wildman–Crippen MR) is 69.7 cm³/mol. The third kappa shape index (κ3) is 2.71. The summed E-state index contributed by atoms with van der Waals surface area (Å²) in [7, 11) is 0. The Labute approximate surface area is 110 Å². The van der Waals surface area contributed by atoms with Crippen LogP contribution in [0.1, 0.15) is 17.7 Å². The number of H-pyrrole nitrogens is 1. The molecule has 2 aromatic rings. The second-order valence-electron chi connectivity index (χ2n) is 4.08. The molecule has 0 saturated heterocycles. The van der Waals surface area contributed by atoms with Gasteiger partial charge in [-0.15, -0.1) is 0 Å². The fourth-order valence-electron chi connectivity index (χ4n) is 1.80. The minimum atomic E-state index is -0.808. The van der Waals surface area contributed by atoms with Crippen LogP contribution in [0, 0.1) is 6.92 Å². The number of nitrogens with one attached hydrogen (secondary N) is 1. The number of hydrogen-bond acceptors (Lipinski definition) is 2. The molecule has 1 aromatic heterocycles. The minimum Gasteiger partial charge on any atom is -0.481 e. The van der Waals surface area contributed by atoms with Gasteiger partial charge in [-0.05, 0) is 31.0 Å². The highest BCUT2D eigenvalue weighted by Gasteiger charge is 2.11. The largest absolute Gasteiger partial charge is 0.481 e. The van der Waals surface area contributed by atoms with Crippen LogP contribution in [-0.4, -0.2) is 21.3 Å². The van der Waals surface area contributed by atoms with Gasteiger partial charge >= 0.3 is 5.97 Å². The first-order valence-electron chi connectivity index (χ1n) is 5.59. The van der Waals surface area contributed by atoms with E-state index in [0.29, 0.717) is 11.4 Å². The molecule has 0 spiro atoms. The molecule has 0 unspecified atom stereocenters. The molecule has 0 aliphatic rings. The second kappa shape index (κ2) is 5.23. The lowest BCUT2D eigenvalue weighted by atomic mass is 10.1. The maximum absolute atomic E-state index is 10.5. The monoisotopic (exact) mass is 264 g/mol. The molecule has 2 N–H and O–H groups in total. The Bertz CT molecular complexity index is 561. The Morgan fingerprint density at radius 2 is 2.06 bits per heavy atom. The molecule has 4 nitrogen and oxygen atoms in total. The van der Waals surface area contributed by atoms with E-state index in [1.165, 1.54) is 0 Å². The summed E-state index contributed by atoms with van der Waals surface area (Å²) in [6, 6.07) is 7.41. The molecular formula is C13H13ClN2O2. The minimum absolute atomic E-state index is 0.100. The molecule has 94 valence electrons. The first-order chi connectivity index (χ1) is 8.58. The van der Waals surface area contributed by atoms with E-state index in [4.69, 9.17) is 16.7 Å². The van der Waals surface area contributed by atoms with Crippen molar-refractivity contribution in [2.75, 3.05) is 0 Å². The van der Waals surface area contributed by atoms with Crippen LogP contribution in [0.25, 0.3) is 11.3 Å². The molecule has 0 aliphatic heterocycles. The number of carbonyl (C=O) groups is 1. The van der Waals surface area contributed by atoms with Crippen LogP contribution < -0.4 is 0 Å². The number of aromatic nitrogens is 2. The Morgan fingerprint density at radius 1 is 1.39 bits per heavy atom. The number of halogens is 1. The number of nitrogens with zero attached hydrogens (tertiary/aromatic N) is 1. The van der Waals surface area contributed by atoms with Crippen molar-refractivity contribution in [1.29, 1.82) is 0 Å². The van der Waals surface area contributed by atoms with E-state index in [-0.39, 0.29) is 6.42 Å². The van der Waals surface area contributed by atoms with Crippen LogP contribution in [0.2, 0.25) is 5.02 Å². The number of benzene rings is 1. The molecule has 0 atom stereocenters. The van der Waals surface area contributed by atoms with Crippen molar-refractivity contribution >= 4 is 17.6 Å². The van der Waals surface area contributed by atoms with Crippen LogP contribution in [0.5, 0.6) is 0 Å². The van der Waals surface area contributed by atoms with Crippen molar-refractivity contribution in [3.63, 3.8) is 0 Å². The summed E-state index contributed by atoms with van der Waals surface area (Å²) in [5.41, 5.74) is 3.66. The first-order valence-corrected chi connectivity index (χ1v) is 5.97. The number of aliphatic carboxylic acids is 1. The third-order valence-electron chi connectivity index (χ3n) is 2.82. The van der Waals surface area contributed by atoms with Gasteiger partial charge in [-0.2, -0.15) is 5.10 Å². The lowest BCUT2D eigenvalue weighted by Gasteiger charge is -2.00. The van der Waals surface area contributed by atoms with Gasteiger partial charge in [-0.25, -0.2) is 0 Å². The summed E-state index contributed by atoms with van der Waals surface area (Å²) in [5, 5.41) is 16.5. The van der Waals surface area contributed by atoms with Gasteiger partial charge in [-0.1, -0.05) is 23.7 Å². The number of carboxylic acid groups (broad SMARTS) is 1. The number of hydrogen-bond donors (Lipinski definition) is 2. The fraction of sp³-hybridized carbons (Fsp3) is 0.231. The lowest BCUT2D eigenvalue weighted by molar-refractivity contribution is -0.136. The van der Waals surface area contributed by atoms with Gasteiger partial charge in [0.25, 0.3) is 0 Å². The van der Waals surface area contributed by atoms with Gasteiger partial charge in [0.15, 0.2) is 0 Å². The topological polar surface area (TPSA) is 66.0 Å². The molecule has 0 aliphatic carbocycles. The summed E-state index contributed by atoms with van der Waals surface area (Å²) in [6.07, 6.45) is 0.560. The Morgan fingerprint density at radius 3 is 2.67 bits per heavy atom. The van der Waals surface area contributed by atoms with E-state index < -0.39 is 5.97 Å². The van der Waals surface area contributed by atoms with E-state index in [1.54, 1.807) is 0 Å². The van der Waals surface area contributed by atoms with Crippen molar-refractivity contribution in [2.24, 2.45) is 0 Å². The van der Waals surface area contributed by atoms with Crippen molar-refractivity contribution in [1.82, 2.24) is 10.2 Å². The van der Waals surface area contributed by atoms with Crippen LogP contribution in [0.4, 0.5) is 0 Å². The lowest BCUT2D eigenvalue weighted by Crippen LogP contribution is -1.98. The highest BCUT2D eigenvalue weighted by Crippen LogP contribution is 2.25. The SMILES string of the molecule is Cc1c(-c2ccc(Cl)cc2)n[nH]c1CCC(=O)O. The fourth-order valence-corrected chi connectivity index (χ4v) is 1.92. The van der Waals surface area contributed by atoms with Crippen molar-refractivity contribution in [3.05, 3.63) is 40.5 Å². The maximum Gasteiger partial charge on any atom is 0.303 e. The predicted octanol–water partition coefficient (Wildman–Crippen LogP) is 3.06. The molecule has 1 aromatic carbocycles. The third-order valence-corrected chi connectivity index (χ3v) is 3.07. The van der Waals surface area contributed by atoms with Crippen molar-refractivity contribution < 1.29 is 9.90 Å². The van der Waals surface area contributed by atoms with E-state index in [1.807, 2.05) is 31.2 Å². The Balaban J connectivity index is 2.25. The van der Waals surface area contributed by atoms with Crippen LogP contribution in [-0.2, 0) is 11.2 Å². The number of carboxylic acids is 1. The zero-order valence-corrected chi connectivity index (χ0v) is 10.7. The Hall–Kier alpha value is -1.81. The average molecular weight is 265 g/mol. The molecule has 18 heavy (non-hydrogen) atoms. The molecule has 2 rings (SSSR count). The van der Waals surface area contributed by atoms with Crippen LogP contribution in [0.15, 0.2) is 24.3 Å². The van der Waals surface area contributed by atoms with Gasteiger partial charge in [0.1, 0.15) is 0 Å². The molecule has 1 heterocycles. The zero-order chi connectivity index (χ0) is 13.1. The summed E-state index contributed by atoms with van der Waals surface area (Å²) in [6.45, 7) is 1.94. The average Bonchev–Trinajstić information content (AvgIpc) is 2.69. The molecule has 0 fully saturated rings.